The van der Waals surface area contributed by atoms with Gasteiger partial charge >= 0.3 is 5.97 Å². The molecule has 1 aromatic heterocycles. The third-order valence-electron chi connectivity index (χ3n) is 6.78. The Bertz CT molecular complexity index is 1520. The Morgan fingerprint density at radius 2 is 1.86 bits per heavy atom. The molecule has 0 spiro atoms. The van der Waals surface area contributed by atoms with Crippen molar-refractivity contribution in [3.05, 3.63) is 93.0 Å². The zero-order valence-electron chi connectivity index (χ0n) is 20.6. The van der Waals surface area contributed by atoms with Crippen molar-refractivity contribution in [3.63, 3.8) is 0 Å². The molecule has 0 radical (unpaired) electrons. The number of benzene rings is 2. The van der Waals surface area contributed by atoms with Crippen LogP contribution in [0.5, 0.6) is 5.75 Å². The van der Waals surface area contributed by atoms with Crippen LogP contribution in [0.2, 0.25) is 5.02 Å². The highest BCUT2D eigenvalue weighted by atomic mass is 35.5. The van der Waals surface area contributed by atoms with E-state index >= 15 is 4.39 Å². The van der Waals surface area contributed by atoms with Crippen LogP contribution in [-0.4, -0.2) is 29.7 Å². The molecule has 1 aliphatic heterocycles. The first-order chi connectivity index (χ1) is 17.8. The van der Waals surface area contributed by atoms with Crippen LogP contribution in [0.4, 0.5) is 10.1 Å². The minimum absolute atomic E-state index is 0.0157. The Labute approximate surface area is 224 Å². The fourth-order valence-corrected chi connectivity index (χ4v) is 5.39. The smallest absolute Gasteiger partial charge is 0.358 e. The van der Waals surface area contributed by atoms with Crippen molar-refractivity contribution in [2.75, 3.05) is 19.5 Å². The largest absolute Gasteiger partial charge is 0.496 e. The number of anilines is 1. The van der Waals surface area contributed by atoms with Crippen molar-refractivity contribution in [1.82, 2.24) is 9.55 Å². The van der Waals surface area contributed by atoms with E-state index < -0.39 is 17.8 Å². The van der Waals surface area contributed by atoms with Crippen LogP contribution < -0.4 is 10.1 Å². The fraction of sp³-hybridized carbons (Fsp3) is 0.214. The number of hydrogen-bond acceptors (Lipinski definition) is 5. The van der Waals surface area contributed by atoms with Crippen LogP contribution >= 0.6 is 23.2 Å². The molecule has 0 amide bonds. The molecule has 2 atom stereocenters. The van der Waals surface area contributed by atoms with Gasteiger partial charge in [-0.1, -0.05) is 54.4 Å². The van der Waals surface area contributed by atoms with Crippen LogP contribution in [-0.2, 0) is 4.74 Å². The second-order valence-electron chi connectivity index (χ2n) is 8.77. The predicted octanol–water partition coefficient (Wildman–Crippen LogP) is 7.23. The van der Waals surface area contributed by atoms with E-state index in [1.807, 2.05) is 54.8 Å². The van der Waals surface area contributed by atoms with Crippen molar-refractivity contribution in [2.45, 2.75) is 19.9 Å². The highest BCUT2D eigenvalue weighted by Gasteiger charge is 2.40. The number of imidazole rings is 1. The van der Waals surface area contributed by atoms with Gasteiger partial charge in [0.1, 0.15) is 11.6 Å². The molecule has 2 unspecified atom stereocenters. The van der Waals surface area contributed by atoms with Crippen molar-refractivity contribution in [1.29, 1.82) is 0 Å². The van der Waals surface area contributed by atoms with Crippen molar-refractivity contribution in [3.8, 4) is 17.1 Å². The number of hydrogen-bond donors (Lipinski definition) is 1. The summed E-state index contributed by atoms with van der Waals surface area (Å²) in [7, 11) is 2.88. The molecule has 1 N–H and O–H groups in total. The number of methoxy groups -OCH3 is 2. The first-order valence-electron chi connectivity index (χ1n) is 11.6. The molecule has 5 rings (SSSR count). The van der Waals surface area contributed by atoms with Gasteiger partial charge in [-0.15, -0.1) is 0 Å². The molecule has 0 saturated carbocycles. The molecule has 0 saturated heterocycles. The SMILES string of the molecule is COC(=O)c1nc(-c2ccccc2OC)n2c1C(Nc1cccc(Cl)c1F)C1=CC=C(Cl)C(C)C1=C2C. The number of aromatic nitrogens is 2. The number of nitrogens with zero attached hydrogens (tertiary/aromatic N) is 2. The molecule has 2 aromatic carbocycles. The zero-order chi connectivity index (χ0) is 26.4. The number of carbonyl (C=O) groups excluding carboxylic acids is 1. The lowest BCUT2D eigenvalue weighted by Gasteiger charge is -2.37. The maximum Gasteiger partial charge on any atom is 0.358 e. The maximum absolute atomic E-state index is 15.1. The average Bonchev–Trinajstić information content (AvgIpc) is 3.31. The van der Waals surface area contributed by atoms with E-state index in [1.54, 1.807) is 19.2 Å². The summed E-state index contributed by atoms with van der Waals surface area (Å²) in [5, 5.41) is 3.93. The number of nitrogens with one attached hydrogen (secondary N) is 1. The van der Waals surface area contributed by atoms with Gasteiger partial charge in [0.15, 0.2) is 11.5 Å². The Hall–Kier alpha value is -3.55. The molecule has 6 nitrogen and oxygen atoms in total. The molecule has 2 heterocycles. The van der Waals surface area contributed by atoms with Gasteiger partial charge in [-0.25, -0.2) is 14.2 Å². The molecule has 37 heavy (non-hydrogen) atoms. The monoisotopic (exact) mass is 539 g/mol. The van der Waals surface area contributed by atoms with Gasteiger partial charge < -0.3 is 14.8 Å². The standard InChI is InChI=1S/C28H24Cl2FN3O3/c1-14-18(29)13-12-17-22(14)15(2)34-26(24(17)32-20-10-7-9-19(30)23(20)31)25(28(35)37-4)33-27(34)16-8-5-6-11-21(16)36-3/h5-14,24,32H,1-4H3. The second-order valence-corrected chi connectivity index (χ2v) is 9.61. The number of allylic oxidation sites excluding steroid dienone is 4. The normalized spacial score (nSPS) is 18.5. The Morgan fingerprint density at radius 3 is 2.59 bits per heavy atom. The van der Waals surface area contributed by atoms with Crippen LogP contribution in [0.25, 0.3) is 17.1 Å². The summed E-state index contributed by atoms with van der Waals surface area (Å²) in [4.78, 5) is 17.8. The molecule has 0 fully saturated rings. The lowest BCUT2D eigenvalue weighted by Crippen LogP contribution is -2.29. The molecular weight excluding hydrogens is 516 g/mol. The van der Waals surface area contributed by atoms with Gasteiger partial charge in [-0.3, -0.25) is 4.57 Å². The first-order valence-corrected chi connectivity index (χ1v) is 12.4. The van der Waals surface area contributed by atoms with Crippen LogP contribution in [0.1, 0.15) is 36.1 Å². The fourth-order valence-electron chi connectivity index (χ4n) is 5.05. The maximum atomic E-state index is 15.1. The minimum Gasteiger partial charge on any atom is -0.496 e. The van der Waals surface area contributed by atoms with Crippen molar-refractivity contribution < 1.29 is 18.7 Å². The molecule has 1 aliphatic carbocycles. The molecule has 9 heteroatoms. The lowest BCUT2D eigenvalue weighted by molar-refractivity contribution is 0.0593. The summed E-state index contributed by atoms with van der Waals surface area (Å²) in [6, 6.07) is 11.5. The van der Waals surface area contributed by atoms with Crippen molar-refractivity contribution in [2.24, 2.45) is 5.92 Å². The Morgan fingerprint density at radius 1 is 1.11 bits per heavy atom. The highest BCUT2D eigenvalue weighted by Crippen LogP contribution is 2.49. The molecule has 3 aromatic rings. The van der Waals surface area contributed by atoms with Gasteiger partial charge in [0.2, 0.25) is 0 Å². The number of ether oxygens (including phenoxy) is 2. The first kappa shape index (κ1) is 25.1. The summed E-state index contributed by atoms with van der Waals surface area (Å²) in [6.45, 7) is 3.96. The van der Waals surface area contributed by atoms with Crippen molar-refractivity contribution >= 4 is 40.6 Å². The van der Waals surface area contributed by atoms with E-state index in [2.05, 4.69) is 5.32 Å². The summed E-state index contributed by atoms with van der Waals surface area (Å²) in [6.07, 6.45) is 3.72. The summed E-state index contributed by atoms with van der Waals surface area (Å²) in [5.41, 5.74) is 4.13. The lowest BCUT2D eigenvalue weighted by atomic mass is 9.80. The van der Waals surface area contributed by atoms with Gasteiger partial charge in [-0.2, -0.15) is 0 Å². The van der Waals surface area contributed by atoms with Crippen LogP contribution in [0.3, 0.4) is 0 Å². The third-order valence-corrected chi connectivity index (χ3v) is 7.53. The van der Waals surface area contributed by atoms with Gasteiger partial charge in [0.25, 0.3) is 0 Å². The molecule has 2 aliphatic rings. The number of para-hydroxylation sites is 1. The summed E-state index contributed by atoms with van der Waals surface area (Å²) >= 11 is 12.7. The second kappa shape index (κ2) is 9.72. The number of fused-ring (bicyclic) bond motifs is 2. The third kappa shape index (κ3) is 4.03. The number of halogens is 3. The van der Waals surface area contributed by atoms with E-state index in [0.29, 0.717) is 27.9 Å². The summed E-state index contributed by atoms with van der Waals surface area (Å²) in [5.74, 6) is -0.264. The van der Waals surface area contributed by atoms with Gasteiger partial charge in [0, 0.05) is 16.6 Å². The summed E-state index contributed by atoms with van der Waals surface area (Å²) < 4.78 is 27.7. The quantitative estimate of drug-likeness (QED) is 0.346. The van der Waals surface area contributed by atoms with Gasteiger partial charge in [-0.05, 0) is 48.4 Å². The highest BCUT2D eigenvalue weighted by molar-refractivity contribution is 6.31. The van der Waals surface area contributed by atoms with E-state index in [1.165, 1.54) is 13.2 Å². The Kier molecular flexibility index (Phi) is 6.60. The van der Waals surface area contributed by atoms with E-state index in [9.17, 15) is 4.79 Å². The van der Waals surface area contributed by atoms with Gasteiger partial charge in [0.05, 0.1) is 42.2 Å². The molecule has 0 bridgehead atoms. The zero-order valence-corrected chi connectivity index (χ0v) is 22.1. The minimum atomic E-state index is -0.666. The Balaban J connectivity index is 1.85. The number of rotatable bonds is 5. The van der Waals surface area contributed by atoms with E-state index in [-0.39, 0.29) is 22.3 Å². The average molecular weight is 540 g/mol. The van der Waals surface area contributed by atoms with Crippen LogP contribution in [0, 0.1) is 11.7 Å². The van der Waals surface area contributed by atoms with E-state index in [4.69, 9.17) is 37.7 Å². The predicted molar refractivity (Wildman–Crippen MR) is 143 cm³/mol. The molecule has 190 valence electrons. The molecular formula is C28H24Cl2FN3O3. The van der Waals surface area contributed by atoms with E-state index in [0.717, 1.165) is 16.8 Å². The number of carbonyl (C=O) groups is 1. The van der Waals surface area contributed by atoms with Crippen LogP contribution in [0.15, 0.2) is 70.8 Å². The number of esters is 1. The topological polar surface area (TPSA) is 65.4 Å².